The molecule has 2 N–H and O–H groups in total. The molecule has 8 nitrogen and oxygen atoms in total. The Hall–Kier alpha value is -1.83. The molecule has 166 valence electrons. The van der Waals surface area contributed by atoms with Crippen molar-refractivity contribution in [1.82, 2.24) is 15.5 Å². The molecule has 3 amide bonds. The first kappa shape index (κ1) is 25.2. The summed E-state index contributed by atoms with van der Waals surface area (Å²) in [6.07, 6.45) is 0.572. The summed E-state index contributed by atoms with van der Waals surface area (Å²) in [6.45, 7) is 9.67. The normalized spacial score (nSPS) is 18.8. The average molecular weight is 432 g/mol. The van der Waals surface area contributed by atoms with E-state index in [4.69, 9.17) is 16.3 Å². The molecule has 9 heteroatoms. The van der Waals surface area contributed by atoms with E-state index >= 15 is 0 Å². The van der Waals surface area contributed by atoms with Crippen LogP contribution in [0.2, 0.25) is 0 Å². The summed E-state index contributed by atoms with van der Waals surface area (Å²) in [5.74, 6) is -1.44. The number of likely N-dealkylation sites (N-methyl/N-ethyl adjacent to an activating group) is 1. The number of ether oxygens (including phenoxy) is 1. The molecule has 0 bridgehead atoms. The first-order valence-corrected chi connectivity index (χ1v) is 10.5. The van der Waals surface area contributed by atoms with Crippen LogP contribution in [0.3, 0.4) is 0 Å². The molecule has 0 aromatic carbocycles. The van der Waals surface area contributed by atoms with Crippen LogP contribution in [0.4, 0.5) is 4.79 Å². The van der Waals surface area contributed by atoms with Crippen molar-refractivity contribution in [2.24, 2.45) is 11.8 Å². The maximum absolute atomic E-state index is 13.0. The van der Waals surface area contributed by atoms with Crippen LogP contribution in [0.15, 0.2) is 0 Å². The Morgan fingerprint density at radius 3 is 2.38 bits per heavy atom. The molecule has 0 aliphatic carbocycles. The van der Waals surface area contributed by atoms with Crippen molar-refractivity contribution in [1.29, 1.82) is 0 Å². The number of nitrogens with one attached hydrogen (secondary N) is 2. The summed E-state index contributed by atoms with van der Waals surface area (Å²) in [5, 5.41) is 5.44. The predicted octanol–water partition coefficient (Wildman–Crippen LogP) is 2.09. The quantitative estimate of drug-likeness (QED) is 0.544. The fourth-order valence-electron chi connectivity index (χ4n) is 3.14. The van der Waals surface area contributed by atoms with Gasteiger partial charge in [-0.05, 0) is 46.0 Å². The van der Waals surface area contributed by atoms with E-state index in [9.17, 15) is 19.2 Å². The summed E-state index contributed by atoms with van der Waals surface area (Å²) in [5.41, 5.74) is -0.697. The van der Waals surface area contributed by atoms with E-state index in [2.05, 4.69) is 10.6 Å². The van der Waals surface area contributed by atoms with Gasteiger partial charge in [-0.2, -0.15) is 0 Å². The van der Waals surface area contributed by atoms with Crippen LogP contribution in [0.5, 0.6) is 0 Å². The van der Waals surface area contributed by atoms with Gasteiger partial charge in [0.05, 0.1) is 11.9 Å². The maximum atomic E-state index is 13.0. The molecule has 3 atom stereocenters. The zero-order valence-corrected chi connectivity index (χ0v) is 19.0. The molecule has 0 radical (unpaired) electrons. The standard InChI is InChI=1S/C20H34ClN3O5/c1-12(2)9-15(24(6)19(28)29-20(3,4)5)18(27)23-14(16(25)11-21)10-13-7-8-22-17(13)26/h12-15H,7-11H2,1-6H3,(H,22,26)(H,23,27)/t13-,14-,15-/m0/s1. The van der Waals surface area contributed by atoms with Crippen LogP contribution in [-0.2, 0) is 19.1 Å². The minimum atomic E-state index is -0.879. The Bertz CT molecular complexity index is 618. The predicted molar refractivity (Wildman–Crippen MR) is 111 cm³/mol. The van der Waals surface area contributed by atoms with Gasteiger partial charge in [0.25, 0.3) is 0 Å². The highest BCUT2D eigenvalue weighted by Gasteiger charge is 2.35. The molecule has 1 heterocycles. The first-order chi connectivity index (χ1) is 13.4. The average Bonchev–Trinajstić information content (AvgIpc) is 3.00. The van der Waals surface area contributed by atoms with E-state index in [1.165, 1.54) is 11.9 Å². The van der Waals surface area contributed by atoms with Crippen molar-refractivity contribution in [3.05, 3.63) is 0 Å². The molecular formula is C20H34ClN3O5. The van der Waals surface area contributed by atoms with E-state index in [0.29, 0.717) is 19.4 Å². The van der Waals surface area contributed by atoms with Crippen LogP contribution in [0.25, 0.3) is 0 Å². The highest BCUT2D eigenvalue weighted by molar-refractivity contribution is 6.28. The van der Waals surface area contributed by atoms with Crippen molar-refractivity contribution >= 4 is 35.3 Å². The molecule has 0 unspecified atom stereocenters. The minimum Gasteiger partial charge on any atom is -0.444 e. The van der Waals surface area contributed by atoms with E-state index in [1.54, 1.807) is 20.8 Å². The molecular weight excluding hydrogens is 398 g/mol. The van der Waals surface area contributed by atoms with Gasteiger partial charge in [0.2, 0.25) is 11.8 Å². The number of rotatable bonds is 9. The highest BCUT2D eigenvalue weighted by Crippen LogP contribution is 2.19. The topological polar surface area (TPSA) is 105 Å². The van der Waals surface area contributed by atoms with Gasteiger partial charge in [-0.1, -0.05) is 13.8 Å². The fraction of sp³-hybridized carbons (Fsp3) is 0.800. The molecule has 29 heavy (non-hydrogen) atoms. The molecule has 0 spiro atoms. The molecule has 1 rings (SSSR count). The minimum absolute atomic E-state index is 0.124. The van der Waals surface area contributed by atoms with Gasteiger partial charge in [0.15, 0.2) is 5.78 Å². The lowest BCUT2D eigenvalue weighted by atomic mass is 9.95. The third-order valence-electron chi connectivity index (χ3n) is 4.67. The molecule has 0 aromatic rings. The Kier molecular flexibility index (Phi) is 9.39. The number of alkyl halides is 1. The second-order valence-corrected chi connectivity index (χ2v) is 9.18. The van der Waals surface area contributed by atoms with Crippen molar-refractivity contribution < 1.29 is 23.9 Å². The number of amides is 3. The number of halogens is 1. The number of carbonyl (C=O) groups is 4. The maximum Gasteiger partial charge on any atom is 0.410 e. The zero-order valence-electron chi connectivity index (χ0n) is 18.2. The van der Waals surface area contributed by atoms with E-state index in [0.717, 1.165) is 0 Å². The lowest BCUT2D eigenvalue weighted by molar-refractivity contribution is -0.131. The second kappa shape index (κ2) is 10.8. The molecule has 1 aliphatic rings. The SMILES string of the molecule is CC(C)C[C@@H](C(=O)N[C@@H](C[C@@H]1CCNC1=O)C(=O)CCl)N(C)C(=O)OC(C)(C)C. The van der Waals surface area contributed by atoms with Gasteiger partial charge in [-0.15, -0.1) is 11.6 Å². The van der Waals surface area contributed by atoms with Gasteiger partial charge in [0.1, 0.15) is 11.6 Å². The second-order valence-electron chi connectivity index (χ2n) is 8.91. The van der Waals surface area contributed by atoms with E-state index in [1.807, 2.05) is 13.8 Å². The number of ketones is 1. The van der Waals surface area contributed by atoms with Gasteiger partial charge in [-0.3, -0.25) is 19.3 Å². The molecule has 1 saturated heterocycles. The van der Waals surface area contributed by atoms with Gasteiger partial charge in [-0.25, -0.2) is 4.79 Å². The summed E-state index contributed by atoms with van der Waals surface area (Å²) in [6, 6.07) is -1.69. The number of hydrogen-bond donors (Lipinski definition) is 2. The lowest BCUT2D eigenvalue weighted by Crippen LogP contribution is -2.54. The number of carbonyl (C=O) groups excluding carboxylic acids is 4. The van der Waals surface area contributed by atoms with E-state index < -0.39 is 29.7 Å². The number of Topliss-reactive ketones (excluding diaryl/α,β-unsaturated/α-hetero) is 1. The van der Waals surface area contributed by atoms with Crippen molar-refractivity contribution in [2.75, 3.05) is 19.5 Å². The van der Waals surface area contributed by atoms with Gasteiger partial charge < -0.3 is 15.4 Å². The van der Waals surface area contributed by atoms with E-state index in [-0.39, 0.29) is 35.8 Å². The fourth-order valence-corrected chi connectivity index (χ4v) is 3.32. The Labute approximate surface area is 178 Å². The highest BCUT2D eigenvalue weighted by atomic mass is 35.5. The summed E-state index contributed by atoms with van der Waals surface area (Å²) in [7, 11) is 1.50. The summed E-state index contributed by atoms with van der Waals surface area (Å²) in [4.78, 5) is 50.9. The van der Waals surface area contributed by atoms with Crippen LogP contribution in [0, 0.1) is 11.8 Å². The van der Waals surface area contributed by atoms with Gasteiger partial charge in [0, 0.05) is 19.5 Å². The molecule has 1 fully saturated rings. The van der Waals surface area contributed by atoms with Crippen LogP contribution in [0.1, 0.15) is 53.9 Å². The van der Waals surface area contributed by atoms with Crippen molar-refractivity contribution in [2.45, 2.75) is 71.6 Å². The third-order valence-corrected chi connectivity index (χ3v) is 4.93. The van der Waals surface area contributed by atoms with Crippen LogP contribution >= 0.6 is 11.6 Å². The first-order valence-electron chi connectivity index (χ1n) is 9.98. The Morgan fingerprint density at radius 2 is 1.93 bits per heavy atom. The molecule has 1 aliphatic heterocycles. The third kappa shape index (κ3) is 8.20. The molecule has 0 saturated carbocycles. The van der Waals surface area contributed by atoms with Crippen molar-refractivity contribution in [3.8, 4) is 0 Å². The smallest absolute Gasteiger partial charge is 0.410 e. The summed E-state index contributed by atoms with van der Waals surface area (Å²) < 4.78 is 5.37. The van der Waals surface area contributed by atoms with Crippen LogP contribution in [-0.4, -0.2) is 65.7 Å². The zero-order chi connectivity index (χ0) is 22.4. The lowest BCUT2D eigenvalue weighted by Gasteiger charge is -2.32. The van der Waals surface area contributed by atoms with Gasteiger partial charge >= 0.3 is 6.09 Å². The molecule has 0 aromatic heterocycles. The van der Waals surface area contributed by atoms with Crippen molar-refractivity contribution in [3.63, 3.8) is 0 Å². The number of nitrogens with zero attached hydrogens (tertiary/aromatic N) is 1. The largest absolute Gasteiger partial charge is 0.444 e. The Balaban J connectivity index is 2.95. The Morgan fingerprint density at radius 1 is 1.31 bits per heavy atom. The summed E-state index contributed by atoms with van der Waals surface area (Å²) >= 11 is 5.72. The monoisotopic (exact) mass is 431 g/mol. The number of hydrogen-bond acceptors (Lipinski definition) is 5. The van der Waals surface area contributed by atoms with Crippen LogP contribution < -0.4 is 10.6 Å².